The fourth-order valence-corrected chi connectivity index (χ4v) is 2.61. The van der Waals surface area contributed by atoms with Crippen LogP contribution >= 0.6 is 0 Å². The quantitative estimate of drug-likeness (QED) is 0.691. The van der Waals surface area contributed by atoms with Crippen molar-refractivity contribution in [1.29, 1.82) is 0 Å². The van der Waals surface area contributed by atoms with E-state index < -0.39 is 0 Å². The van der Waals surface area contributed by atoms with E-state index in [1.54, 1.807) is 7.11 Å². The van der Waals surface area contributed by atoms with E-state index in [9.17, 15) is 0 Å². The first-order chi connectivity index (χ1) is 10.8. The minimum absolute atomic E-state index is 0.747. The number of nitrogens with zero attached hydrogens (tertiary/aromatic N) is 2. The molecule has 0 unspecified atom stereocenters. The average Bonchev–Trinajstić information content (AvgIpc) is 3.04. The fraction of sp³-hybridized carbons (Fsp3) is 0.125. The van der Waals surface area contributed by atoms with Gasteiger partial charge in [0.2, 0.25) is 0 Å². The summed E-state index contributed by atoms with van der Waals surface area (Å²) in [5, 5.41) is 7.61. The van der Waals surface area contributed by atoms with Crippen LogP contribution in [0.5, 0.6) is 5.75 Å². The lowest BCUT2D eigenvalue weighted by atomic mass is 10.1. The second-order valence-corrected chi connectivity index (χ2v) is 5.01. The van der Waals surface area contributed by atoms with E-state index in [0.29, 0.717) is 0 Å². The van der Waals surface area contributed by atoms with E-state index in [1.807, 2.05) is 18.3 Å². The molecule has 3 heterocycles. The third kappa shape index (κ3) is 2.05. The lowest BCUT2D eigenvalue weighted by Crippen LogP contribution is -2.06. The van der Waals surface area contributed by atoms with Crippen LogP contribution in [-0.4, -0.2) is 28.6 Å². The van der Waals surface area contributed by atoms with Crippen molar-refractivity contribution < 1.29 is 4.74 Å². The first-order valence-electron chi connectivity index (χ1n) is 7.03. The van der Waals surface area contributed by atoms with E-state index in [-0.39, 0.29) is 0 Å². The molecule has 0 radical (unpaired) electrons. The number of anilines is 3. The molecule has 0 aliphatic carbocycles. The van der Waals surface area contributed by atoms with Gasteiger partial charge >= 0.3 is 0 Å². The van der Waals surface area contributed by atoms with Gasteiger partial charge in [-0.05, 0) is 17.7 Å². The number of aromatic amines is 1. The van der Waals surface area contributed by atoms with Crippen molar-refractivity contribution in [3.63, 3.8) is 0 Å². The number of ether oxygens (including phenoxy) is 1. The Balaban J connectivity index is 1.79. The highest BCUT2D eigenvalue weighted by molar-refractivity contribution is 5.90. The molecule has 4 rings (SSSR count). The van der Waals surface area contributed by atoms with Gasteiger partial charge < -0.3 is 20.4 Å². The molecule has 110 valence electrons. The molecule has 0 atom stereocenters. The summed E-state index contributed by atoms with van der Waals surface area (Å²) < 4.78 is 5.50. The zero-order valence-corrected chi connectivity index (χ0v) is 12.1. The number of rotatable bonds is 3. The van der Waals surface area contributed by atoms with Crippen LogP contribution in [0.3, 0.4) is 0 Å². The van der Waals surface area contributed by atoms with Crippen LogP contribution in [-0.2, 0) is 0 Å². The predicted octanol–water partition coefficient (Wildman–Crippen LogP) is 3.15. The van der Waals surface area contributed by atoms with Gasteiger partial charge in [0, 0.05) is 24.5 Å². The van der Waals surface area contributed by atoms with Gasteiger partial charge in [0.25, 0.3) is 0 Å². The van der Waals surface area contributed by atoms with Crippen molar-refractivity contribution in [1.82, 2.24) is 15.0 Å². The molecule has 3 aromatic rings. The van der Waals surface area contributed by atoms with Crippen molar-refractivity contribution >= 4 is 34.3 Å². The van der Waals surface area contributed by atoms with Crippen molar-refractivity contribution in [2.75, 3.05) is 24.3 Å². The Kier molecular flexibility index (Phi) is 2.93. The number of hydrogen-bond acceptors (Lipinski definition) is 5. The monoisotopic (exact) mass is 293 g/mol. The smallest absolute Gasteiger partial charge is 0.144 e. The zero-order valence-electron chi connectivity index (χ0n) is 12.1. The number of nitrogens with one attached hydrogen (secondary N) is 3. The Morgan fingerprint density at radius 2 is 2.23 bits per heavy atom. The van der Waals surface area contributed by atoms with Crippen LogP contribution in [0.1, 0.15) is 5.56 Å². The molecule has 0 fully saturated rings. The van der Waals surface area contributed by atoms with E-state index in [0.717, 1.165) is 46.1 Å². The zero-order chi connectivity index (χ0) is 14.9. The Morgan fingerprint density at radius 3 is 3.14 bits per heavy atom. The lowest BCUT2D eigenvalue weighted by molar-refractivity contribution is 0.417. The SMILES string of the molecule is COc1cc2c(cc1Nc1ncnc3[nH]ccc13)C=CCN2. The molecule has 1 aromatic carbocycles. The summed E-state index contributed by atoms with van der Waals surface area (Å²) in [6, 6.07) is 6.00. The first-order valence-corrected chi connectivity index (χ1v) is 7.03. The molecule has 0 saturated heterocycles. The highest BCUT2D eigenvalue weighted by Crippen LogP contribution is 2.35. The third-order valence-electron chi connectivity index (χ3n) is 3.69. The number of methoxy groups -OCH3 is 1. The molecule has 0 spiro atoms. The van der Waals surface area contributed by atoms with Crippen LogP contribution in [0, 0.1) is 0 Å². The Morgan fingerprint density at radius 1 is 1.27 bits per heavy atom. The number of aromatic nitrogens is 3. The Bertz CT molecular complexity index is 868. The Hall–Kier alpha value is -3.02. The summed E-state index contributed by atoms with van der Waals surface area (Å²) in [7, 11) is 1.66. The fourth-order valence-electron chi connectivity index (χ4n) is 2.61. The van der Waals surface area contributed by atoms with Crippen molar-refractivity contribution in [3.05, 3.63) is 42.4 Å². The van der Waals surface area contributed by atoms with Crippen LogP contribution in [0.25, 0.3) is 17.1 Å². The minimum atomic E-state index is 0.747. The lowest BCUT2D eigenvalue weighted by Gasteiger charge is -2.18. The van der Waals surface area contributed by atoms with Crippen LogP contribution in [0.4, 0.5) is 17.2 Å². The van der Waals surface area contributed by atoms with E-state index in [4.69, 9.17) is 4.74 Å². The number of benzene rings is 1. The second kappa shape index (κ2) is 5.07. The summed E-state index contributed by atoms with van der Waals surface area (Å²) in [5.74, 6) is 1.51. The van der Waals surface area contributed by atoms with Crippen molar-refractivity contribution in [2.45, 2.75) is 0 Å². The standard InChI is InChI=1S/C16H15N5O/c1-22-14-8-12-10(3-2-5-17-12)7-13(14)21-16-11-4-6-18-15(11)19-9-20-16/h2-4,6-9,17H,5H2,1H3,(H2,18,19,20,21). The topological polar surface area (TPSA) is 74.9 Å². The van der Waals surface area contributed by atoms with Gasteiger partial charge in [-0.25, -0.2) is 9.97 Å². The molecular weight excluding hydrogens is 278 g/mol. The predicted molar refractivity (Wildman–Crippen MR) is 87.7 cm³/mol. The molecule has 6 heteroatoms. The summed E-state index contributed by atoms with van der Waals surface area (Å²) in [6.45, 7) is 0.832. The van der Waals surface area contributed by atoms with Crippen LogP contribution in [0.15, 0.2) is 36.8 Å². The molecule has 0 saturated carbocycles. The summed E-state index contributed by atoms with van der Waals surface area (Å²) in [6.07, 6.45) is 7.57. The maximum atomic E-state index is 5.50. The van der Waals surface area contributed by atoms with Crippen molar-refractivity contribution in [3.8, 4) is 5.75 Å². The molecule has 1 aliphatic rings. The molecule has 3 N–H and O–H groups in total. The third-order valence-corrected chi connectivity index (χ3v) is 3.69. The maximum Gasteiger partial charge on any atom is 0.144 e. The molecule has 2 aromatic heterocycles. The van der Waals surface area contributed by atoms with Gasteiger partial charge in [-0.1, -0.05) is 12.2 Å². The van der Waals surface area contributed by atoms with Gasteiger partial charge in [0.1, 0.15) is 23.5 Å². The Labute approximate surface area is 127 Å². The van der Waals surface area contributed by atoms with Gasteiger partial charge in [-0.2, -0.15) is 0 Å². The molecule has 6 nitrogen and oxygen atoms in total. The van der Waals surface area contributed by atoms with E-state index in [1.165, 1.54) is 6.33 Å². The molecular formula is C16H15N5O. The summed E-state index contributed by atoms with van der Waals surface area (Å²) >= 11 is 0. The average molecular weight is 293 g/mol. The number of fused-ring (bicyclic) bond motifs is 2. The first kappa shape index (κ1) is 12.7. The van der Waals surface area contributed by atoms with E-state index in [2.05, 4.69) is 43.8 Å². The summed E-state index contributed by atoms with van der Waals surface area (Å²) in [4.78, 5) is 11.6. The highest BCUT2D eigenvalue weighted by Gasteiger charge is 2.13. The van der Waals surface area contributed by atoms with Gasteiger partial charge in [0.05, 0.1) is 18.2 Å². The largest absolute Gasteiger partial charge is 0.494 e. The number of hydrogen-bond donors (Lipinski definition) is 3. The highest BCUT2D eigenvalue weighted by atomic mass is 16.5. The molecule has 22 heavy (non-hydrogen) atoms. The summed E-state index contributed by atoms with van der Waals surface area (Å²) in [5.41, 5.74) is 3.86. The van der Waals surface area contributed by atoms with Crippen molar-refractivity contribution in [2.24, 2.45) is 0 Å². The van der Waals surface area contributed by atoms with Gasteiger partial charge in [-0.15, -0.1) is 0 Å². The molecule has 0 bridgehead atoms. The molecule has 1 aliphatic heterocycles. The van der Waals surface area contributed by atoms with Gasteiger partial charge in [0.15, 0.2) is 0 Å². The maximum absolute atomic E-state index is 5.50. The molecule has 0 amide bonds. The van der Waals surface area contributed by atoms with Crippen LogP contribution in [0.2, 0.25) is 0 Å². The normalized spacial score (nSPS) is 12.8. The van der Waals surface area contributed by atoms with Gasteiger partial charge in [-0.3, -0.25) is 0 Å². The van der Waals surface area contributed by atoms with Crippen LogP contribution < -0.4 is 15.4 Å². The minimum Gasteiger partial charge on any atom is -0.494 e. The second-order valence-electron chi connectivity index (χ2n) is 5.01. The van der Waals surface area contributed by atoms with E-state index >= 15 is 0 Å². The number of H-pyrrole nitrogens is 1.